The van der Waals surface area contributed by atoms with E-state index in [1.807, 2.05) is 13.8 Å². The van der Waals surface area contributed by atoms with Crippen LogP contribution in [0.2, 0.25) is 0 Å². The molecule has 31 heavy (non-hydrogen) atoms. The number of likely N-dealkylation sites (N-methyl/N-ethyl adjacent to an activating group) is 1. The molecular weight excluding hydrogens is 406 g/mol. The number of rotatable bonds is 8. The average Bonchev–Trinajstić information content (AvgIpc) is 3.18. The fourth-order valence-corrected chi connectivity index (χ4v) is 3.08. The Labute approximate surface area is 178 Å². The molecule has 0 saturated carbocycles. The molecule has 0 saturated heterocycles. The number of alkyl halides is 2. The van der Waals surface area contributed by atoms with Gasteiger partial charge in [-0.25, -0.2) is 18.7 Å². The second-order valence-corrected chi connectivity index (χ2v) is 7.19. The van der Waals surface area contributed by atoms with Crippen LogP contribution < -0.4 is 5.32 Å². The number of hydrogen-bond donors (Lipinski definition) is 1. The second-order valence-electron chi connectivity index (χ2n) is 7.19. The van der Waals surface area contributed by atoms with Gasteiger partial charge in [-0.05, 0) is 19.9 Å². The van der Waals surface area contributed by atoms with Crippen LogP contribution in [0.3, 0.4) is 0 Å². The van der Waals surface area contributed by atoms with Crippen LogP contribution in [0.4, 0.5) is 14.7 Å². The van der Waals surface area contributed by atoms with Gasteiger partial charge in [0.05, 0.1) is 11.1 Å². The van der Waals surface area contributed by atoms with E-state index in [9.17, 15) is 13.6 Å². The number of anilines is 1. The molecule has 1 atom stereocenters. The maximum atomic E-state index is 13.3. The number of carbonyl (C=O) groups is 1. The van der Waals surface area contributed by atoms with Crippen molar-refractivity contribution in [3.63, 3.8) is 0 Å². The first-order valence-electron chi connectivity index (χ1n) is 9.85. The van der Waals surface area contributed by atoms with Crippen LogP contribution in [0.1, 0.15) is 42.6 Å². The molecule has 0 aliphatic rings. The molecule has 3 aromatic rings. The molecule has 0 fully saturated rings. The first kappa shape index (κ1) is 22.3. The molecule has 0 aliphatic carbocycles. The van der Waals surface area contributed by atoms with Gasteiger partial charge < -0.3 is 14.7 Å². The Balaban J connectivity index is 1.72. The Morgan fingerprint density at radius 2 is 1.94 bits per heavy atom. The number of amides is 1. The number of nitrogens with one attached hydrogen (secondary N) is 1. The zero-order valence-corrected chi connectivity index (χ0v) is 17.8. The van der Waals surface area contributed by atoms with E-state index in [0.29, 0.717) is 35.9 Å². The van der Waals surface area contributed by atoms with Crippen molar-refractivity contribution in [2.24, 2.45) is 0 Å². The molecule has 1 amide bonds. The summed E-state index contributed by atoms with van der Waals surface area (Å²) in [5, 5.41) is 6.91. The van der Waals surface area contributed by atoms with E-state index in [0.717, 1.165) is 19.3 Å². The van der Waals surface area contributed by atoms with E-state index in [2.05, 4.69) is 25.4 Å². The van der Waals surface area contributed by atoms with Gasteiger partial charge in [-0.15, -0.1) is 0 Å². The molecule has 0 radical (unpaired) electrons. The summed E-state index contributed by atoms with van der Waals surface area (Å²) in [5.41, 5.74) is 0.787. The molecule has 2 heterocycles. The molecule has 3 rings (SSSR count). The normalized spacial score (nSPS) is 12.5. The van der Waals surface area contributed by atoms with E-state index in [-0.39, 0.29) is 23.5 Å². The number of halogens is 2. The minimum Gasteiger partial charge on any atom is -0.352 e. The molecular formula is C21H24F2N6O2. The maximum absolute atomic E-state index is 13.3. The molecule has 10 heteroatoms. The topological polar surface area (TPSA) is 97.0 Å². The van der Waals surface area contributed by atoms with Gasteiger partial charge in [-0.1, -0.05) is 23.4 Å². The summed E-state index contributed by atoms with van der Waals surface area (Å²) in [7, 11) is 0. The number of benzene rings is 1. The van der Waals surface area contributed by atoms with Crippen molar-refractivity contribution in [2.75, 3.05) is 18.4 Å². The molecule has 1 aromatic carbocycles. The monoisotopic (exact) mass is 430 g/mol. The van der Waals surface area contributed by atoms with Gasteiger partial charge in [0.1, 0.15) is 0 Å². The highest BCUT2D eigenvalue weighted by atomic mass is 19.3. The van der Waals surface area contributed by atoms with Crippen LogP contribution in [-0.2, 0) is 5.92 Å². The molecule has 2 aromatic heterocycles. The lowest BCUT2D eigenvalue weighted by Gasteiger charge is -2.29. The third-order valence-electron chi connectivity index (χ3n) is 4.77. The predicted octanol–water partition coefficient (Wildman–Crippen LogP) is 3.91. The highest BCUT2D eigenvalue weighted by Gasteiger charge is 2.26. The van der Waals surface area contributed by atoms with Crippen LogP contribution >= 0.6 is 0 Å². The highest BCUT2D eigenvalue weighted by Crippen LogP contribution is 2.26. The second kappa shape index (κ2) is 9.15. The van der Waals surface area contributed by atoms with Crippen LogP contribution in [0.15, 0.2) is 41.2 Å². The number of aryl methyl sites for hydroxylation is 1. The van der Waals surface area contributed by atoms with Gasteiger partial charge >= 0.3 is 0 Å². The van der Waals surface area contributed by atoms with Crippen molar-refractivity contribution >= 4 is 11.9 Å². The zero-order chi connectivity index (χ0) is 22.6. The van der Waals surface area contributed by atoms with Crippen molar-refractivity contribution in [2.45, 2.75) is 39.7 Å². The molecule has 0 spiro atoms. The summed E-state index contributed by atoms with van der Waals surface area (Å²) >= 11 is 0. The lowest BCUT2D eigenvalue weighted by atomic mass is 10.0. The van der Waals surface area contributed by atoms with Gasteiger partial charge in [0.15, 0.2) is 0 Å². The van der Waals surface area contributed by atoms with Crippen molar-refractivity contribution < 1.29 is 18.1 Å². The number of aromatic nitrogens is 4. The Kier molecular flexibility index (Phi) is 6.57. The molecule has 8 nitrogen and oxygen atoms in total. The van der Waals surface area contributed by atoms with E-state index >= 15 is 0 Å². The Morgan fingerprint density at radius 3 is 2.52 bits per heavy atom. The van der Waals surface area contributed by atoms with E-state index < -0.39 is 5.92 Å². The number of hydrogen-bond acceptors (Lipinski definition) is 7. The summed E-state index contributed by atoms with van der Waals surface area (Å²) < 4.78 is 31.6. The lowest BCUT2D eigenvalue weighted by Crippen LogP contribution is -2.42. The summed E-state index contributed by atoms with van der Waals surface area (Å²) in [6.45, 7) is 7.03. The minimum absolute atomic E-state index is 0.184. The molecule has 164 valence electrons. The van der Waals surface area contributed by atoms with E-state index in [1.165, 1.54) is 0 Å². The van der Waals surface area contributed by atoms with E-state index in [1.54, 1.807) is 36.1 Å². The Hall–Kier alpha value is -3.43. The van der Waals surface area contributed by atoms with Crippen LogP contribution in [0.5, 0.6) is 0 Å². The zero-order valence-electron chi connectivity index (χ0n) is 17.8. The van der Waals surface area contributed by atoms with Crippen LogP contribution in [0.25, 0.3) is 11.4 Å². The number of carbonyl (C=O) groups excluding carboxylic acids is 1. The van der Waals surface area contributed by atoms with Crippen molar-refractivity contribution in [3.05, 3.63) is 53.7 Å². The summed E-state index contributed by atoms with van der Waals surface area (Å²) in [5.74, 6) is -2.21. The third-order valence-corrected chi connectivity index (χ3v) is 4.77. The van der Waals surface area contributed by atoms with Crippen molar-refractivity contribution in [1.82, 2.24) is 25.0 Å². The first-order chi connectivity index (χ1) is 14.7. The molecule has 0 bridgehead atoms. The van der Waals surface area contributed by atoms with Crippen LogP contribution in [0, 0.1) is 6.92 Å². The third kappa shape index (κ3) is 5.19. The first-order valence-corrected chi connectivity index (χ1v) is 9.85. The van der Waals surface area contributed by atoms with Crippen molar-refractivity contribution in [1.29, 1.82) is 0 Å². The smallest absolute Gasteiger partial charge is 0.273 e. The fourth-order valence-electron chi connectivity index (χ4n) is 3.08. The highest BCUT2D eigenvalue weighted by molar-refractivity contribution is 6.00. The predicted molar refractivity (Wildman–Crippen MR) is 111 cm³/mol. The Bertz CT molecular complexity index is 1030. The van der Waals surface area contributed by atoms with Gasteiger partial charge in [0, 0.05) is 50.9 Å². The summed E-state index contributed by atoms with van der Waals surface area (Å²) in [6, 6.07) is 6.85. The quantitative estimate of drug-likeness (QED) is 0.579. The van der Waals surface area contributed by atoms with Gasteiger partial charge in [-0.2, -0.15) is 4.98 Å². The molecule has 0 aliphatic heterocycles. The van der Waals surface area contributed by atoms with Gasteiger partial charge in [0.2, 0.25) is 17.7 Å². The maximum Gasteiger partial charge on any atom is 0.273 e. The van der Waals surface area contributed by atoms with Crippen LogP contribution in [-0.4, -0.2) is 50.0 Å². The average molecular weight is 430 g/mol. The fraction of sp³-hybridized carbons (Fsp3) is 0.381. The minimum atomic E-state index is -3.00. The van der Waals surface area contributed by atoms with Gasteiger partial charge in [-0.3, -0.25) is 4.79 Å². The SMILES string of the molecule is CCN(C(=O)c1ccccc1-c1noc(C)n1)[C@@H](C)CNc1ncc(C(C)(F)F)cn1. The Morgan fingerprint density at radius 1 is 1.26 bits per heavy atom. The number of nitrogens with zero attached hydrogens (tertiary/aromatic N) is 5. The summed E-state index contributed by atoms with van der Waals surface area (Å²) in [6.07, 6.45) is 2.18. The van der Waals surface area contributed by atoms with Crippen molar-refractivity contribution in [3.8, 4) is 11.4 Å². The standard InChI is InChI=1S/C21H24F2N6O2/c1-5-29(13(2)10-24-20-25-11-15(12-26-20)21(4,22)23)19(30)17-9-7-6-8-16(17)18-27-14(3)31-28-18/h6-9,11-13H,5,10H2,1-4H3,(H,24,25,26)/t13-/m0/s1. The molecule has 1 N–H and O–H groups in total. The van der Waals surface area contributed by atoms with E-state index in [4.69, 9.17) is 4.52 Å². The summed E-state index contributed by atoms with van der Waals surface area (Å²) in [4.78, 5) is 27.1. The molecule has 0 unspecified atom stereocenters. The lowest BCUT2D eigenvalue weighted by molar-refractivity contribution is 0.0167. The van der Waals surface area contributed by atoms with Gasteiger partial charge in [0.25, 0.3) is 11.8 Å². The largest absolute Gasteiger partial charge is 0.352 e.